The highest BCUT2D eigenvalue weighted by Gasteiger charge is 2.14. The molecule has 0 saturated carbocycles. The maximum Gasteiger partial charge on any atom is 0.131 e. The van der Waals surface area contributed by atoms with Crippen molar-refractivity contribution in [3.05, 3.63) is 65.8 Å². The molecule has 1 heterocycles. The third-order valence-electron chi connectivity index (χ3n) is 3.62. The molecular formula is C18H15ClN2OS. The highest BCUT2D eigenvalue weighted by Crippen LogP contribution is 2.38. The van der Waals surface area contributed by atoms with Gasteiger partial charge in [0.1, 0.15) is 5.82 Å². The van der Waals surface area contributed by atoms with E-state index in [-0.39, 0.29) is 0 Å². The first kappa shape index (κ1) is 15.7. The second kappa shape index (κ2) is 6.52. The molecule has 0 aliphatic heterocycles. The van der Waals surface area contributed by atoms with Crippen molar-refractivity contribution in [2.45, 2.75) is 4.90 Å². The van der Waals surface area contributed by atoms with Gasteiger partial charge in [0.15, 0.2) is 0 Å². The van der Waals surface area contributed by atoms with E-state index in [1.165, 1.54) is 0 Å². The molecule has 1 aromatic heterocycles. The maximum absolute atomic E-state index is 11.5. The van der Waals surface area contributed by atoms with Crippen molar-refractivity contribution in [3.8, 4) is 22.3 Å². The van der Waals surface area contributed by atoms with Crippen LogP contribution in [-0.4, -0.2) is 15.4 Å². The molecule has 0 fully saturated rings. The number of benzene rings is 2. The smallest absolute Gasteiger partial charge is 0.131 e. The molecule has 3 nitrogen and oxygen atoms in total. The summed E-state index contributed by atoms with van der Waals surface area (Å²) in [6.07, 6.45) is 3.34. The maximum atomic E-state index is 11.5. The number of anilines is 1. The van der Waals surface area contributed by atoms with Crippen molar-refractivity contribution in [2.75, 3.05) is 12.0 Å². The first-order valence-corrected chi connectivity index (χ1v) is 8.95. The van der Waals surface area contributed by atoms with Gasteiger partial charge < -0.3 is 5.73 Å². The third-order valence-corrected chi connectivity index (χ3v) is 4.89. The van der Waals surface area contributed by atoms with E-state index in [2.05, 4.69) is 4.98 Å². The van der Waals surface area contributed by atoms with Crippen molar-refractivity contribution in [1.82, 2.24) is 4.98 Å². The number of nitrogens with two attached hydrogens (primary N) is 1. The van der Waals surface area contributed by atoms with E-state index >= 15 is 0 Å². The number of hydrogen-bond donors (Lipinski definition) is 1. The summed E-state index contributed by atoms with van der Waals surface area (Å²) in [5, 5.41) is 0.625. The molecule has 0 bridgehead atoms. The number of nitrogens with zero attached hydrogens (tertiary/aromatic N) is 1. The Balaban J connectivity index is 2.19. The van der Waals surface area contributed by atoms with Gasteiger partial charge >= 0.3 is 0 Å². The predicted octanol–water partition coefficient (Wildman–Crippen LogP) is 4.39. The van der Waals surface area contributed by atoms with Crippen LogP contribution < -0.4 is 5.73 Å². The molecule has 2 N–H and O–H groups in total. The second-order valence-electron chi connectivity index (χ2n) is 5.08. The highest BCUT2D eigenvalue weighted by molar-refractivity contribution is 7.84. The SMILES string of the molecule is CS(=O)c1ccc(-c2ccnc(N)c2-c2ccccc2Cl)cc1. The Morgan fingerprint density at radius 3 is 2.35 bits per heavy atom. The lowest BCUT2D eigenvalue weighted by atomic mass is 9.95. The molecule has 0 amide bonds. The minimum absolute atomic E-state index is 0.429. The molecule has 0 radical (unpaired) electrons. The van der Waals surface area contributed by atoms with E-state index < -0.39 is 10.8 Å². The zero-order valence-electron chi connectivity index (χ0n) is 12.5. The fraction of sp³-hybridized carbons (Fsp3) is 0.0556. The quantitative estimate of drug-likeness (QED) is 0.768. The van der Waals surface area contributed by atoms with E-state index in [1.807, 2.05) is 54.6 Å². The summed E-state index contributed by atoms with van der Waals surface area (Å²) in [5.74, 6) is 0.429. The molecular weight excluding hydrogens is 328 g/mol. The van der Waals surface area contributed by atoms with Gasteiger partial charge in [0.25, 0.3) is 0 Å². The van der Waals surface area contributed by atoms with Crippen molar-refractivity contribution < 1.29 is 4.21 Å². The van der Waals surface area contributed by atoms with E-state index in [9.17, 15) is 4.21 Å². The molecule has 0 aliphatic rings. The molecule has 2 aromatic carbocycles. The monoisotopic (exact) mass is 342 g/mol. The summed E-state index contributed by atoms with van der Waals surface area (Å²) in [4.78, 5) is 4.99. The number of hydrogen-bond acceptors (Lipinski definition) is 3. The van der Waals surface area contributed by atoms with E-state index in [0.29, 0.717) is 10.8 Å². The Hall–Kier alpha value is -2.17. The van der Waals surface area contributed by atoms with Crippen molar-refractivity contribution in [3.63, 3.8) is 0 Å². The van der Waals surface area contributed by atoms with Crippen LogP contribution in [0.2, 0.25) is 5.02 Å². The molecule has 0 aliphatic carbocycles. The van der Waals surface area contributed by atoms with Gasteiger partial charge in [-0.1, -0.05) is 41.9 Å². The van der Waals surface area contributed by atoms with Crippen LogP contribution in [0.1, 0.15) is 0 Å². The first-order chi connectivity index (χ1) is 11.1. The second-order valence-corrected chi connectivity index (χ2v) is 6.86. The summed E-state index contributed by atoms with van der Waals surface area (Å²) in [6.45, 7) is 0. The molecule has 0 spiro atoms. The third kappa shape index (κ3) is 3.14. The Morgan fingerprint density at radius 1 is 1.00 bits per heavy atom. The molecule has 23 heavy (non-hydrogen) atoms. The average Bonchev–Trinajstić information content (AvgIpc) is 2.56. The zero-order chi connectivity index (χ0) is 16.4. The lowest BCUT2D eigenvalue weighted by Crippen LogP contribution is -1.97. The molecule has 1 unspecified atom stereocenters. The van der Waals surface area contributed by atoms with E-state index in [1.54, 1.807) is 12.5 Å². The fourth-order valence-corrected chi connectivity index (χ4v) is 3.24. The number of nitrogen functional groups attached to an aromatic ring is 1. The zero-order valence-corrected chi connectivity index (χ0v) is 14.1. The van der Waals surface area contributed by atoms with Crippen molar-refractivity contribution in [1.29, 1.82) is 0 Å². The molecule has 116 valence electrons. The Bertz CT molecular complexity index is 878. The van der Waals surface area contributed by atoms with Crippen molar-refractivity contribution >= 4 is 28.2 Å². The van der Waals surface area contributed by atoms with Gasteiger partial charge in [-0.25, -0.2) is 4.98 Å². The number of aromatic nitrogens is 1. The number of halogens is 1. The average molecular weight is 343 g/mol. The largest absolute Gasteiger partial charge is 0.383 e. The summed E-state index contributed by atoms with van der Waals surface area (Å²) >= 11 is 6.33. The molecule has 1 atom stereocenters. The van der Waals surface area contributed by atoms with Gasteiger partial charge in [0.2, 0.25) is 0 Å². The predicted molar refractivity (Wildman–Crippen MR) is 96.9 cm³/mol. The first-order valence-electron chi connectivity index (χ1n) is 7.01. The van der Waals surface area contributed by atoms with Gasteiger partial charge in [-0.3, -0.25) is 4.21 Å². The molecule has 0 saturated heterocycles. The molecule has 5 heteroatoms. The fourth-order valence-electron chi connectivity index (χ4n) is 2.49. The summed E-state index contributed by atoms with van der Waals surface area (Å²) in [6, 6.07) is 17.1. The van der Waals surface area contributed by atoms with Crippen LogP contribution in [0.25, 0.3) is 22.3 Å². The normalized spacial score (nSPS) is 12.1. The minimum Gasteiger partial charge on any atom is -0.383 e. The highest BCUT2D eigenvalue weighted by atomic mass is 35.5. The van der Waals surface area contributed by atoms with Gasteiger partial charge in [0, 0.05) is 44.3 Å². The number of pyridine rings is 1. The summed E-state index contributed by atoms with van der Waals surface area (Å²) < 4.78 is 11.5. The number of rotatable bonds is 3. The van der Waals surface area contributed by atoms with Gasteiger partial charge in [-0.05, 0) is 35.4 Å². The van der Waals surface area contributed by atoms with Crippen LogP contribution in [0.4, 0.5) is 5.82 Å². The van der Waals surface area contributed by atoms with E-state index in [4.69, 9.17) is 17.3 Å². The Kier molecular flexibility index (Phi) is 4.46. The van der Waals surface area contributed by atoms with Crippen LogP contribution >= 0.6 is 11.6 Å². The standard InChI is InChI=1S/C18H15ClN2OS/c1-23(22)13-8-6-12(7-9-13)14-10-11-21-18(20)17(14)15-4-2-3-5-16(15)19/h2-11H,1H3,(H2,20,21). The van der Waals surface area contributed by atoms with Crippen LogP contribution in [-0.2, 0) is 10.8 Å². The van der Waals surface area contributed by atoms with Crippen LogP contribution in [0.15, 0.2) is 65.7 Å². The van der Waals surface area contributed by atoms with Gasteiger partial charge in [-0.15, -0.1) is 0 Å². The molecule has 3 rings (SSSR count). The van der Waals surface area contributed by atoms with Crippen molar-refractivity contribution in [2.24, 2.45) is 0 Å². The van der Waals surface area contributed by atoms with Gasteiger partial charge in [-0.2, -0.15) is 0 Å². The minimum atomic E-state index is -1.00. The lowest BCUT2D eigenvalue weighted by molar-refractivity contribution is 0.687. The van der Waals surface area contributed by atoms with E-state index in [0.717, 1.165) is 27.1 Å². The lowest BCUT2D eigenvalue weighted by Gasteiger charge is -2.13. The Morgan fingerprint density at radius 2 is 1.70 bits per heavy atom. The summed E-state index contributed by atoms with van der Waals surface area (Å²) in [7, 11) is -1.00. The summed E-state index contributed by atoms with van der Waals surface area (Å²) in [5.41, 5.74) is 9.69. The Labute approximate surface area is 142 Å². The topological polar surface area (TPSA) is 56.0 Å². The molecule has 3 aromatic rings. The van der Waals surface area contributed by atoms with Crippen LogP contribution in [0, 0.1) is 0 Å². The van der Waals surface area contributed by atoms with Crippen LogP contribution in [0.3, 0.4) is 0 Å². The van der Waals surface area contributed by atoms with Crippen LogP contribution in [0.5, 0.6) is 0 Å². The van der Waals surface area contributed by atoms with Gasteiger partial charge in [0.05, 0.1) is 0 Å².